The smallest absolute Gasteiger partial charge is 0.292 e. The number of nitrogens with one attached hydrogen (secondary N) is 2. The SMILES string of the molecule is O=CC(=O)NNC(=O)c1cncc(Cl)n1. The van der Waals surface area contributed by atoms with E-state index in [0.29, 0.717) is 0 Å². The molecule has 1 aromatic heterocycles. The molecule has 15 heavy (non-hydrogen) atoms. The number of carbonyl (C=O) groups excluding carboxylic acids is 3. The largest absolute Gasteiger partial charge is 0.302 e. The standard InChI is InChI=1S/C7H5ClN4O3/c8-5-2-9-1-4(10-5)7(15)12-11-6(14)3-13/h1-3H,(H,11,14)(H,12,15). The van der Waals surface area contributed by atoms with Crippen LogP contribution in [0.2, 0.25) is 5.15 Å². The fraction of sp³-hybridized carbons (Fsp3) is 0. The van der Waals surface area contributed by atoms with Crippen molar-refractivity contribution in [3.63, 3.8) is 0 Å². The summed E-state index contributed by atoms with van der Waals surface area (Å²) >= 11 is 5.48. The predicted molar refractivity (Wildman–Crippen MR) is 48.7 cm³/mol. The molecule has 0 spiro atoms. The van der Waals surface area contributed by atoms with E-state index in [1.807, 2.05) is 10.9 Å². The quantitative estimate of drug-likeness (QED) is 0.388. The number of aldehydes is 1. The van der Waals surface area contributed by atoms with Crippen LogP contribution in [-0.2, 0) is 9.59 Å². The highest BCUT2D eigenvalue weighted by Crippen LogP contribution is 2.01. The number of carbonyl (C=O) groups is 3. The average molecular weight is 229 g/mol. The summed E-state index contributed by atoms with van der Waals surface area (Å²) in [5, 5.41) is 0.0457. The number of amides is 2. The maximum atomic E-state index is 11.2. The van der Waals surface area contributed by atoms with Crippen LogP contribution in [0.25, 0.3) is 0 Å². The van der Waals surface area contributed by atoms with Crippen LogP contribution >= 0.6 is 11.6 Å². The van der Waals surface area contributed by atoms with Crippen molar-refractivity contribution in [3.05, 3.63) is 23.2 Å². The molecule has 1 heterocycles. The van der Waals surface area contributed by atoms with E-state index in [-0.39, 0.29) is 17.1 Å². The molecule has 0 bridgehead atoms. The summed E-state index contributed by atoms with van der Waals surface area (Å²) in [6, 6.07) is 0. The highest BCUT2D eigenvalue weighted by Gasteiger charge is 2.08. The molecule has 1 aromatic rings. The molecule has 0 saturated carbocycles. The summed E-state index contributed by atoms with van der Waals surface area (Å²) in [4.78, 5) is 38.8. The lowest BCUT2D eigenvalue weighted by Gasteiger charge is -2.02. The third kappa shape index (κ3) is 3.31. The number of rotatable bonds is 2. The molecule has 0 saturated heterocycles. The molecule has 0 aliphatic rings. The molecular formula is C7H5ClN4O3. The van der Waals surface area contributed by atoms with Crippen LogP contribution in [0.3, 0.4) is 0 Å². The minimum atomic E-state index is -0.974. The Hall–Kier alpha value is -2.02. The van der Waals surface area contributed by atoms with Gasteiger partial charge >= 0.3 is 5.91 Å². The van der Waals surface area contributed by atoms with Crippen LogP contribution in [-0.4, -0.2) is 28.1 Å². The van der Waals surface area contributed by atoms with Crippen LogP contribution < -0.4 is 10.9 Å². The zero-order valence-electron chi connectivity index (χ0n) is 7.23. The summed E-state index contributed by atoms with van der Waals surface area (Å²) in [5.41, 5.74) is 3.70. The molecule has 0 aromatic carbocycles. The Morgan fingerprint density at radius 1 is 1.33 bits per heavy atom. The van der Waals surface area contributed by atoms with Crippen molar-refractivity contribution < 1.29 is 14.4 Å². The summed E-state index contributed by atoms with van der Waals surface area (Å²) < 4.78 is 0. The second-order valence-corrected chi connectivity index (χ2v) is 2.68. The van der Waals surface area contributed by atoms with Crippen LogP contribution in [0.5, 0.6) is 0 Å². The Morgan fingerprint density at radius 2 is 2.07 bits per heavy atom. The van der Waals surface area contributed by atoms with Crippen molar-refractivity contribution in [2.75, 3.05) is 0 Å². The topological polar surface area (TPSA) is 101 Å². The number of hydrogen-bond acceptors (Lipinski definition) is 5. The minimum Gasteiger partial charge on any atom is -0.292 e. The minimum absolute atomic E-state index is 0.0178. The number of nitrogens with zero attached hydrogens (tertiary/aromatic N) is 2. The molecule has 8 heteroatoms. The predicted octanol–water partition coefficient (Wildman–Crippen LogP) is -0.910. The van der Waals surface area contributed by atoms with Crippen molar-refractivity contribution in [1.29, 1.82) is 0 Å². The third-order valence-corrected chi connectivity index (χ3v) is 1.43. The number of hydrazine groups is 1. The Labute approximate surface area is 88.8 Å². The molecular weight excluding hydrogens is 224 g/mol. The Bertz CT molecular complexity index is 409. The monoisotopic (exact) mass is 228 g/mol. The van der Waals surface area contributed by atoms with E-state index >= 15 is 0 Å². The van der Waals surface area contributed by atoms with E-state index in [9.17, 15) is 14.4 Å². The van der Waals surface area contributed by atoms with Gasteiger partial charge in [0, 0.05) is 0 Å². The van der Waals surface area contributed by atoms with E-state index in [0.717, 1.165) is 6.20 Å². The maximum Gasteiger partial charge on any atom is 0.302 e. The zero-order valence-corrected chi connectivity index (χ0v) is 7.99. The van der Waals surface area contributed by atoms with Gasteiger partial charge in [0.1, 0.15) is 10.8 Å². The van der Waals surface area contributed by atoms with Gasteiger partial charge in [-0.2, -0.15) is 0 Å². The number of aromatic nitrogens is 2. The normalized spacial score (nSPS) is 9.13. The fourth-order valence-corrected chi connectivity index (χ4v) is 0.811. The van der Waals surface area contributed by atoms with Gasteiger partial charge < -0.3 is 0 Å². The van der Waals surface area contributed by atoms with Crippen molar-refractivity contribution in [1.82, 2.24) is 20.8 Å². The van der Waals surface area contributed by atoms with Crippen molar-refractivity contribution in [2.45, 2.75) is 0 Å². The van der Waals surface area contributed by atoms with Gasteiger partial charge in [-0.05, 0) is 0 Å². The molecule has 0 radical (unpaired) electrons. The van der Waals surface area contributed by atoms with Crippen molar-refractivity contribution in [3.8, 4) is 0 Å². The molecule has 2 N–H and O–H groups in total. The Kier molecular flexibility index (Phi) is 3.69. The molecule has 0 aliphatic heterocycles. The van der Waals surface area contributed by atoms with Gasteiger partial charge in [0.05, 0.1) is 12.4 Å². The van der Waals surface area contributed by atoms with Crippen molar-refractivity contribution >= 4 is 29.7 Å². The molecule has 2 amide bonds. The first kappa shape index (κ1) is 11.1. The molecule has 0 unspecified atom stereocenters. The van der Waals surface area contributed by atoms with Crippen LogP contribution in [0.4, 0.5) is 0 Å². The Morgan fingerprint density at radius 3 is 2.67 bits per heavy atom. The fourth-order valence-electron chi connectivity index (χ4n) is 0.663. The second-order valence-electron chi connectivity index (χ2n) is 2.29. The van der Waals surface area contributed by atoms with E-state index in [1.165, 1.54) is 6.20 Å². The first-order chi connectivity index (χ1) is 7.13. The lowest BCUT2D eigenvalue weighted by molar-refractivity contribution is -0.131. The van der Waals surface area contributed by atoms with E-state index < -0.39 is 11.8 Å². The van der Waals surface area contributed by atoms with E-state index in [1.54, 1.807) is 0 Å². The maximum absolute atomic E-state index is 11.2. The molecule has 0 atom stereocenters. The first-order valence-electron chi connectivity index (χ1n) is 3.66. The van der Waals surface area contributed by atoms with Gasteiger partial charge in [0.25, 0.3) is 5.91 Å². The number of halogens is 1. The van der Waals surface area contributed by atoms with Gasteiger partial charge in [-0.15, -0.1) is 0 Å². The van der Waals surface area contributed by atoms with Crippen molar-refractivity contribution in [2.24, 2.45) is 0 Å². The molecule has 78 valence electrons. The molecule has 0 aliphatic carbocycles. The lowest BCUT2D eigenvalue weighted by Crippen LogP contribution is -2.42. The van der Waals surface area contributed by atoms with Gasteiger partial charge in [-0.25, -0.2) is 4.98 Å². The first-order valence-corrected chi connectivity index (χ1v) is 4.04. The van der Waals surface area contributed by atoms with E-state index in [2.05, 4.69) is 9.97 Å². The average Bonchev–Trinajstić information content (AvgIpc) is 2.25. The molecule has 0 fully saturated rings. The Balaban J connectivity index is 2.61. The lowest BCUT2D eigenvalue weighted by atomic mass is 10.4. The molecule has 7 nitrogen and oxygen atoms in total. The summed E-state index contributed by atoms with van der Waals surface area (Å²) in [6.45, 7) is 0. The number of hydrogen-bond donors (Lipinski definition) is 2. The van der Waals surface area contributed by atoms with Gasteiger partial charge in [0.15, 0.2) is 0 Å². The summed E-state index contributed by atoms with van der Waals surface area (Å²) in [7, 11) is 0. The highest BCUT2D eigenvalue weighted by molar-refractivity contribution is 6.29. The second kappa shape index (κ2) is 5.01. The van der Waals surface area contributed by atoms with Crippen LogP contribution in [0.1, 0.15) is 10.5 Å². The van der Waals surface area contributed by atoms with Gasteiger partial charge in [-0.1, -0.05) is 11.6 Å². The van der Waals surface area contributed by atoms with Gasteiger partial charge in [0.2, 0.25) is 6.29 Å². The van der Waals surface area contributed by atoms with E-state index in [4.69, 9.17) is 11.6 Å². The van der Waals surface area contributed by atoms with Gasteiger partial charge in [-0.3, -0.25) is 30.2 Å². The summed E-state index contributed by atoms with van der Waals surface area (Å²) in [6.07, 6.45) is 2.43. The molecule has 1 rings (SSSR count). The highest BCUT2D eigenvalue weighted by atomic mass is 35.5. The summed E-state index contributed by atoms with van der Waals surface area (Å²) in [5.74, 6) is -1.70. The van der Waals surface area contributed by atoms with Crippen LogP contribution in [0, 0.1) is 0 Å². The zero-order chi connectivity index (χ0) is 11.3. The van der Waals surface area contributed by atoms with Crippen LogP contribution in [0.15, 0.2) is 12.4 Å². The third-order valence-electron chi connectivity index (χ3n) is 1.24.